The molecule has 0 unspecified atom stereocenters. The lowest BCUT2D eigenvalue weighted by Crippen LogP contribution is -2.36. The summed E-state index contributed by atoms with van der Waals surface area (Å²) in [5.74, 6) is -4.61. The van der Waals surface area contributed by atoms with Crippen molar-refractivity contribution in [2.24, 2.45) is 0 Å². The fourth-order valence-electron chi connectivity index (χ4n) is 2.55. The molecule has 1 aromatic heterocycles. The Morgan fingerprint density at radius 2 is 1.77 bits per heavy atom. The van der Waals surface area contributed by atoms with Gasteiger partial charge in [-0.05, 0) is 25.1 Å². The number of nitrogens with zero attached hydrogens (tertiary/aromatic N) is 1. The van der Waals surface area contributed by atoms with Crippen LogP contribution in [0.1, 0.15) is 17.3 Å². The highest BCUT2D eigenvalue weighted by atomic mass is 19.2. The minimum atomic E-state index is -1.37. The Hall–Kier alpha value is -3.36. The van der Waals surface area contributed by atoms with Gasteiger partial charge in [-0.3, -0.25) is 14.4 Å². The third-order valence-electron chi connectivity index (χ3n) is 3.81. The van der Waals surface area contributed by atoms with E-state index in [-0.39, 0.29) is 17.6 Å². The van der Waals surface area contributed by atoms with Gasteiger partial charge in [0.25, 0.3) is 5.91 Å². The predicted octanol–water partition coefficient (Wildman–Crippen LogP) is 2.38. The standard InChI is InChI=1S/C17H12F3N3O3/c1-2-23-14-4-3-8(5-13(14)22-16(25)17(23)26)15(24)21-12-7-10(19)9(18)6-11(12)20/h3-7H,2H2,1H3,(H,21,24)(H,22,25). The first-order valence-corrected chi connectivity index (χ1v) is 7.54. The molecule has 0 spiro atoms. The molecule has 2 aromatic carbocycles. The van der Waals surface area contributed by atoms with E-state index in [1.54, 1.807) is 6.92 Å². The Morgan fingerprint density at radius 3 is 2.46 bits per heavy atom. The van der Waals surface area contributed by atoms with Crippen LogP contribution in [0.2, 0.25) is 0 Å². The average Bonchev–Trinajstić information content (AvgIpc) is 2.60. The van der Waals surface area contributed by atoms with E-state index in [1.807, 2.05) is 0 Å². The van der Waals surface area contributed by atoms with Gasteiger partial charge in [0.1, 0.15) is 5.82 Å². The molecule has 0 saturated carbocycles. The number of carbonyl (C=O) groups is 1. The number of hydrogen-bond acceptors (Lipinski definition) is 3. The molecule has 0 aliphatic rings. The normalized spacial score (nSPS) is 10.9. The minimum absolute atomic E-state index is 0.0265. The molecule has 1 amide bonds. The summed E-state index contributed by atoms with van der Waals surface area (Å²) < 4.78 is 41.1. The van der Waals surface area contributed by atoms with Crippen LogP contribution in [0.25, 0.3) is 11.0 Å². The maximum atomic E-state index is 13.6. The van der Waals surface area contributed by atoms with Gasteiger partial charge in [0, 0.05) is 24.2 Å². The second-order valence-electron chi connectivity index (χ2n) is 5.44. The number of benzene rings is 2. The molecule has 2 N–H and O–H groups in total. The summed E-state index contributed by atoms with van der Waals surface area (Å²) in [6, 6.07) is 4.96. The van der Waals surface area contributed by atoms with Gasteiger partial charge >= 0.3 is 11.1 Å². The van der Waals surface area contributed by atoms with Gasteiger partial charge in [-0.1, -0.05) is 0 Å². The molecule has 3 aromatic rings. The van der Waals surface area contributed by atoms with Gasteiger partial charge in [0.2, 0.25) is 0 Å². The van der Waals surface area contributed by atoms with E-state index < -0.39 is 40.2 Å². The van der Waals surface area contributed by atoms with E-state index in [1.165, 1.54) is 22.8 Å². The zero-order chi connectivity index (χ0) is 19.0. The van der Waals surface area contributed by atoms with Crippen LogP contribution < -0.4 is 16.4 Å². The van der Waals surface area contributed by atoms with Crippen LogP contribution in [0, 0.1) is 17.5 Å². The van der Waals surface area contributed by atoms with Crippen molar-refractivity contribution in [3.05, 3.63) is 74.1 Å². The van der Waals surface area contributed by atoms with Gasteiger partial charge in [0.15, 0.2) is 11.6 Å². The topological polar surface area (TPSA) is 84.0 Å². The molecule has 0 aliphatic heterocycles. The largest absolute Gasteiger partial charge is 0.319 e. The molecule has 3 rings (SSSR count). The summed E-state index contributed by atoms with van der Waals surface area (Å²) in [7, 11) is 0. The monoisotopic (exact) mass is 363 g/mol. The van der Waals surface area contributed by atoms with E-state index >= 15 is 0 Å². The highest BCUT2D eigenvalue weighted by molar-refractivity contribution is 6.05. The number of halogens is 3. The Balaban J connectivity index is 2.02. The number of fused-ring (bicyclic) bond motifs is 1. The molecule has 9 heteroatoms. The van der Waals surface area contributed by atoms with E-state index in [4.69, 9.17) is 0 Å². The Kier molecular flexibility index (Phi) is 4.37. The first-order valence-electron chi connectivity index (χ1n) is 7.54. The predicted molar refractivity (Wildman–Crippen MR) is 88.8 cm³/mol. The summed E-state index contributed by atoms with van der Waals surface area (Å²) in [5.41, 5.74) is -1.42. The molecular weight excluding hydrogens is 351 g/mol. The number of carbonyl (C=O) groups excluding carboxylic acids is 1. The number of aromatic nitrogens is 2. The molecule has 0 saturated heterocycles. The number of rotatable bonds is 3. The van der Waals surface area contributed by atoms with Crippen molar-refractivity contribution in [1.82, 2.24) is 9.55 Å². The van der Waals surface area contributed by atoms with Crippen molar-refractivity contribution in [3.63, 3.8) is 0 Å². The summed E-state index contributed by atoms with van der Waals surface area (Å²) in [6.45, 7) is 1.94. The molecule has 0 fully saturated rings. The number of amides is 1. The fraction of sp³-hybridized carbons (Fsp3) is 0.118. The third kappa shape index (κ3) is 2.99. The Bertz CT molecular complexity index is 1150. The Labute approximate surface area is 143 Å². The highest BCUT2D eigenvalue weighted by Gasteiger charge is 2.15. The molecular formula is C17H12F3N3O3. The van der Waals surface area contributed by atoms with Crippen molar-refractivity contribution < 1.29 is 18.0 Å². The summed E-state index contributed by atoms with van der Waals surface area (Å²) in [4.78, 5) is 38.1. The lowest BCUT2D eigenvalue weighted by Gasteiger charge is -2.10. The number of hydrogen-bond donors (Lipinski definition) is 2. The molecule has 0 atom stereocenters. The number of H-pyrrole nitrogens is 1. The molecule has 6 nitrogen and oxygen atoms in total. The molecule has 0 aliphatic carbocycles. The second-order valence-corrected chi connectivity index (χ2v) is 5.44. The van der Waals surface area contributed by atoms with Crippen LogP contribution in [0.3, 0.4) is 0 Å². The van der Waals surface area contributed by atoms with Crippen LogP contribution in [-0.2, 0) is 6.54 Å². The lowest BCUT2D eigenvalue weighted by molar-refractivity contribution is 0.102. The van der Waals surface area contributed by atoms with Gasteiger partial charge in [-0.25, -0.2) is 13.2 Å². The maximum Gasteiger partial charge on any atom is 0.316 e. The van der Waals surface area contributed by atoms with E-state index in [0.29, 0.717) is 17.6 Å². The second kappa shape index (κ2) is 6.51. The quantitative estimate of drug-likeness (QED) is 0.554. The molecule has 26 heavy (non-hydrogen) atoms. The van der Waals surface area contributed by atoms with Gasteiger partial charge in [-0.2, -0.15) is 0 Å². The van der Waals surface area contributed by atoms with Crippen LogP contribution in [0.5, 0.6) is 0 Å². The molecule has 134 valence electrons. The zero-order valence-electron chi connectivity index (χ0n) is 13.4. The van der Waals surface area contributed by atoms with Gasteiger partial charge in [-0.15, -0.1) is 0 Å². The number of anilines is 1. The van der Waals surface area contributed by atoms with Crippen LogP contribution in [-0.4, -0.2) is 15.5 Å². The van der Waals surface area contributed by atoms with Crippen molar-refractivity contribution >= 4 is 22.6 Å². The van der Waals surface area contributed by atoms with Gasteiger partial charge in [0.05, 0.1) is 16.7 Å². The van der Waals surface area contributed by atoms with Crippen molar-refractivity contribution in [3.8, 4) is 0 Å². The summed E-state index contributed by atoms with van der Waals surface area (Å²) in [6.07, 6.45) is 0. The lowest BCUT2D eigenvalue weighted by atomic mass is 10.1. The van der Waals surface area contributed by atoms with Crippen LogP contribution in [0.15, 0.2) is 39.9 Å². The van der Waals surface area contributed by atoms with Crippen molar-refractivity contribution in [2.45, 2.75) is 13.5 Å². The summed E-state index contributed by atoms with van der Waals surface area (Å²) >= 11 is 0. The molecule has 0 radical (unpaired) electrons. The van der Waals surface area contributed by atoms with Crippen molar-refractivity contribution in [1.29, 1.82) is 0 Å². The van der Waals surface area contributed by atoms with E-state index in [0.717, 1.165) is 0 Å². The van der Waals surface area contributed by atoms with E-state index in [9.17, 15) is 27.6 Å². The summed E-state index contributed by atoms with van der Waals surface area (Å²) in [5, 5.41) is 2.13. The zero-order valence-corrected chi connectivity index (χ0v) is 13.4. The fourth-order valence-corrected chi connectivity index (χ4v) is 2.55. The molecule has 0 bridgehead atoms. The number of aryl methyl sites for hydroxylation is 1. The minimum Gasteiger partial charge on any atom is -0.319 e. The van der Waals surface area contributed by atoms with Crippen molar-refractivity contribution in [2.75, 3.05) is 5.32 Å². The Morgan fingerprint density at radius 1 is 1.08 bits per heavy atom. The SMILES string of the molecule is CCn1c(=O)c(=O)[nH]c2cc(C(=O)Nc3cc(F)c(F)cc3F)ccc21. The highest BCUT2D eigenvalue weighted by Crippen LogP contribution is 2.20. The maximum absolute atomic E-state index is 13.6. The van der Waals surface area contributed by atoms with Gasteiger partial charge < -0.3 is 14.9 Å². The smallest absolute Gasteiger partial charge is 0.316 e. The average molecular weight is 363 g/mol. The van der Waals surface area contributed by atoms with Crippen LogP contribution >= 0.6 is 0 Å². The molecule has 1 heterocycles. The third-order valence-corrected chi connectivity index (χ3v) is 3.81. The van der Waals surface area contributed by atoms with Crippen LogP contribution in [0.4, 0.5) is 18.9 Å². The number of nitrogens with one attached hydrogen (secondary N) is 2. The number of aromatic amines is 1. The van der Waals surface area contributed by atoms with E-state index in [2.05, 4.69) is 10.3 Å². The first-order chi connectivity index (χ1) is 12.3. The first kappa shape index (κ1) is 17.5.